The van der Waals surface area contributed by atoms with Gasteiger partial charge in [-0.05, 0) is 109 Å². The summed E-state index contributed by atoms with van der Waals surface area (Å²) in [5.74, 6) is 1.62. The smallest absolute Gasteiger partial charge is 0.251 e. The summed E-state index contributed by atoms with van der Waals surface area (Å²) in [7, 11) is -1.21. The highest BCUT2D eigenvalue weighted by atomic mass is 32.2. The number of carbonyl (C=O) groups excluding carboxylic acids is 1. The van der Waals surface area contributed by atoms with E-state index < -0.39 is 10.8 Å². The van der Waals surface area contributed by atoms with Gasteiger partial charge in [-0.25, -0.2) is 0 Å². The maximum Gasteiger partial charge on any atom is 0.251 e. The molecule has 8 nitrogen and oxygen atoms in total. The average Bonchev–Trinajstić information content (AvgIpc) is 3.54. The van der Waals surface area contributed by atoms with Gasteiger partial charge in [-0.1, -0.05) is 52.3 Å². The lowest BCUT2D eigenvalue weighted by molar-refractivity contribution is -0.112. The predicted molar refractivity (Wildman–Crippen MR) is 205 cm³/mol. The second-order valence-electron chi connectivity index (χ2n) is 13.2. The summed E-state index contributed by atoms with van der Waals surface area (Å²) >= 11 is 0. The quantitative estimate of drug-likeness (QED) is 0.111. The van der Waals surface area contributed by atoms with E-state index in [4.69, 9.17) is 9.47 Å². The third kappa shape index (κ3) is 10.4. The molecule has 1 aromatic heterocycles. The van der Waals surface area contributed by atoms with Crippen LogP contribution >= 0.6 is 0 Å². The lowest BCUT2D eigenvalue weighted by Gasteiger charge is -2.30. The highest BCUT2D eigenvalue weighted by Crippen LogP contribution is 2.33. The molecule has 0 fully saturated rings. The lowest BCUT2D eigenvalue weighted by Crippen LogP contribution is -2.30. The molecule has 2 heterocycles. The minimum Gasteiger partial charge on any atom is -0.491 e. The van der Waals surface area contributed by atoms with Crippen molar-refractivity contribution in [2.45, 2.75) is 77.0 Å². The van der Waals surface area contributed by atoms with Crippen LogP contribution in [-0.4, -0.2) is 52.8 Å². The van der Waals surface area contributed by atoms with Crippen LogP contribution in [0.15, 0.2) is 89.5 Å². The van der Waals surface area contributed by atoms with Crippen LogP contribution in [0.2, 0.25) is 0 Å². The molecule has 0 aliphatic carbocycles. The van der Waals surface area contributed by atoms with Gasteiger partial charge < -0.3 is 19.7 Å². The van der Waals surface area contributed by atoms with Crippen molar-refractivity contribution >= 4 is 34.2 Å². The number of nitrogens with zero attached hydrogens (tertiary/aromatic N) is 3. The Balaban J connectivity index is 1.30. The van der Waals surface area contributed by atoms with E-state index >= 15 is 0 Å². The number of carbonyl (C=O) groups is 1. The largest absolute Gasteiger partial charge is 0.491 e. The number of anilines is 2. The van der Waals surface area contributed by atoms with Crippen LogP contribution in [0.1, 0.15) is 71.1 Å². The lowest BCUT2D eigenvalue weighted by atomic mass is 9.96. The maximum absolute atomic E-state index is 13.7. The van der Waals surface area contributed by atoms with Crippen LogP contribution in [0.5, 0.6) is 5.75 Å². The zero-order valence-electron chi connectivity index (χ0n) is 30.0. The van der Waals surface area contributed by atoms with Crippen LogP contribution in [0.3, 0.4) is 0 Å². The van der Waals surface area contributed by atoms with E-state index in [-0.39, 0.29) is 5.91 Å². The zero-order valence-corrected chi connectivity index (χ0v) is 30.8. The van der Waals surface area contributed by atoms with E-state index in [0.29, 0.717) is 37.0 Å². The summed E-state index contributed by atoms with van der Waals surface area (Å²) in [6, 6.07) is 24.0. The molecule has 4 aromatic rings. The van der Waals surface area contributed by atoms with Crippen molar-refractivity contribution in [1.29, 1.82) is 0 Å². The van der Waals surface area contributed by atoms with Gasteiger partial charge in [0.25, 0.3) is 5.91 Å². The highest BCUT2D eigenvalue weighted by Gasteiger charge is 2.20. The molecule has 0 unspecified atom stereocenters. The summed E-state index contributed by atoms with van der Waals surface area (Å²) in [5, 5.41) is 7.44. The Morgan fingerprint density at radius 3 is 2.46 bits per heavy atom. The van der Waals surface area contributed by atoms with Crippen molar-refractivity contribution < 1.29 is 18.5 Å². The zero-order chi connectivity index (χ0) is 35.3. The number of aryl methyl sites for hydroxylation is 1. The van der Waals surface area contributed by atoms with Gasteiger partial charge in [0.05, 0.1) is 28.9 Å². The molecular formula is C41H52N4O4S. The minimum absolute atomic E-state index is 0.115. The third-order valence-corrected chi connectivity index (χ3v) is 10.0. The van der Waals surface area contributed by atoms with Crippen LogP contribution in [0, 0.1) is 5.92 Å². The molecule has 50 heavy (non-hydrogen) atoms. The summed E-state index contributed by atoms with van der Waals surface area (Å²) in [5.41, 5.74) is 6.73. The molecule has 1 amide bonds. The molecule has 266 valence electrons. The van der Waals surface area contributed by atoms with Gasteiger partial charge in [0.15, 0.2) is 0 Å². The van der Waals surface area contributed by atoms with Gasteiger partial charge in [0, 0.05) is 54.3 Å². The first kappa shape index (κ1) is 37.1. The standard InChI is InChI=1S/C41H52N4O4S/c1-5-7-24-48-25-26-49-38-15-10-32(11-16-38)33-12-19-40-35(27-33)28-34(9-8-23-44(40)29-31(3)4)41(46)43-36-13-17-39(18-14-36)50(47)30-37-20-21-42-45(37)22-6-2/h10-21,27-28,31H,5-9,22-26,29-30H2,1-4H3,(H,43,46)/b34-28+/t50-/m0/s1. The Morgan fingerprint density at radius 1 is 0.940 bits per heavy atom. The Bertz CT molecular complexity index is 1730. The Morgan fingerprint density at radius 2 is 1.72 bits per heavy atom. The van der Waals surface area contributed by atoms with Crippen molar-refractivity contribution in [2.75, 3.05) is 43.1 Å². The van der Waals surface area contributed by atoms with Gasteiger partial charge in [0.1, 0.15) is 12.4 Å². The third-order valence-electron chi connectivity index (χ3n) is 8.67. The molecule has 0 saturated heterocycles. The number of hydrogen-bond acceptors (Lipinski definition) is 6. The van der Waals surface area contributed by atoms with Crippen molar-refractivity contribution in [3.63, 3.8) is 0 Å². The van der Waals surface area contributed by atoms with Crippen LogP contribution < -0.4 is 15.0 Å². The first-order chi connectivity index (χ1) is 24.3. The molecule has 1 aliphatic rings. The van der Waals surface area contributed by atoms with E-state index in [1.807, 2.05) is 47.1 Å². The van der Waals surface area contributed by atoms with E-state index in [0.717, 1.165) is 96.2 Å². The number of ether oxygens (including phenoxy) is 2. The summed E-state index contributed by atoms with van der Waals surface area (Å²) in [6.45, 7) is 13.3. The van der Waals surface area contributed by atoms with E-state index in [2.05, 4.69) is 79.4 Å². The van der Waals surface area contributed by atoms with E-state index in [1.165, 1.54) is 0 Å². The number of amides is 1. The summed E-state index contributed by atoms with van der Waals surface area (Å²) in [4.78, 5) is 16.9. The van der Waals surface area contributed by atoms with Gasteiger partial charge in [-0.3, -0.25) is 13.7 Å². The molecule has 3 aromatic carbocycles. The normalized spacial score (nSPS) is 14.7. The number of aromatic nitrogens is 2. The summed E-state index contributed by atoms with van der Waals surface area (Å²) in [6.07, 6.45) is 8.52. The topological polar surface area (TPSA) is 85.7 Å². The molecule has 0 saturated carbocycles. The SMILES string of the molecule is CCCCOCCOc1ccc(-c2ccc3c(c2)/C=C(/C(=O)Nc2ccc([S@@](=O)Cc4ccnn4CCC)cc2)CCCN3CC(C)C)cc1. The predicted octanol–water partition coefficient (Wildman–Crippen LogP) is 8.74. The first-order valence-corrected chi connectivity index (χ1v) is 19.4. The molecule has 5 rings (SSSR count). The minimum atomic E-state index is -1.21. The molecule has 9 heteroatoms. The average molecular weight is 697 g/mol. The molecule has 0 bridgehead atoms. The van der Waals surface area contributed by atoms with Gasteiger partial charge in [-0.2, -0.15) is 5.10 Å². The monoisotopic (exact) mass is 696 g/mol. The molecule has 1 atom stereocenters. The number of fused-ring (bicyclic) bond motifs is 1. The molecule has 1 aliphatic heterocycles. The maximum atomic E-state index is 13.7. The fourth-order valence-electron chi connectivity index (χ4n) is 6.11. The molecule has 0 radical (unpaired) electrons. The second-order valence-corrected chi connectivity index (χ2v) is 14.7. The Kier molecular flexibility index (Phi) is 13.9. The van der Waals surface area contributed by atoms with Gasteiger partial charge in [-0.15, -0.1) is 0 Å². The van der Waals surface area contributed by atoms with E-state index in [9.17, 15) is 9.00 Å². The molecule has 1 N–H and O–H groups in total. The first-order valence-electron chi connectivity index (χ1n) is 18.1. The van der Waals surface area contributed by atoms with E-state index in [1.54, 1.807) is 6.20 Å². The van der Waals surface area contributed by atoms with Crippen molar-refractivity contribution in [2.24, 2.45) is 5.92 Å². The van der Waals surface area contributed by atoms with Crippen LogP contribution in [-0.2, 0) is 32.6 Å². The van der Waals surface area contributed by atoms with Gasteiger partial charge in [0.2, 0.25) is 0 Å². The molecule has 0 spiro atoms. The van der Waals surface area contributed by atoms with Crippen LogP contribution in [0.4, 0.5) is 11.4 Å². The van der Waals surface area contributed by atoms with Crippen molar-refractivity contribution in [3.05, 3.63) is 95.8 Å². The fraction of sp³-hybridized carbons (Fsp3) is 0.415. The number of unbranched alkanes of at least 4 members (excludes halogenated alkanes) is 1. The Labute approximate surface area is 300 Å². The van der Waals surface area contributed by atoms with Crippen LogP contribution in [0.25, 0.3) is 17.2 Å². The van der Waals surface area contributed by atoms with Crippen molar-refractivity contribution in [3.8, 4) is 16.9 Å². The molecular weight excluding hydrogens is 645 g/mol. The number of benzene rings is 3. The Hall–Kier alpha value is -4.21. The van der Waals surface area contributed by atoms with Gasteiger partial charge >= 0.3 is 0 Å². The number of rotatable bonds is 17. The second kappa shape index (κ2) is 18.7. The summed E-state index contributed by atoms with van der Waals surface area (Å²) < 4.78 is 26.5. The fourth-order valence-corrected chi connectivity index (χ4v) is 7.23. The highest BCUT2D eigenvalue weighted by molar-refractivity contribution is 7.84. The number of nitrogens with one attached hydrogen (secondary N) is 1. The van der Waals surface area contributed by atoms with Crippen molar-refractivity contribution in [1.82, 2.24) is 9.78 Å². The number of hydrogen-bond donors (Lipinski definition) is 1.